The maximum Gasteiger partial charge on any atom is 0.246 e. The van der Waals surface area contributed by atoms with Gasteiger partial charge in [-0.05, 0) is 44.5 Å². The fraction of sp³-hybridized carbons (Fsp3) is 0.333. The van der Waals surface area contributed by atoms with Crippen molar-refractivity contribution in [3.05, 3.63) is 41.0 Å². The van der Waals surface area contributed by atoms with E-state index >= 15 is 0 Å². The third-order valence-corrected chi connectivity index (χ3v) is 3.29. The number of rotatable bonds is 5. The Hall–Kier alpha value is -2.77. The van der Waals surface area contributed by atoms with Gasteiger partial charge in [0.15, 0.2) is 0 Å². The summed E-state index contributed by atoms with van der Waals surface area (Å²) in [5.74, 6) is -1.15. The van der Waals surface area contributed by atoms with Crippen LogP contribution >= 0.6 is 0 Å². The van der Waals surface area contributed by atoms with E-state index in [1.54, 1.807) is 20.8 Å². The number of aromatic nitrogens is 2. The molecule has 0 fully saturated rings. The molecule has 2 amide bonds. The first kappa shape index (κ1) is 16.6. The number of amides is 2. The average molecular weight is 320 g/mol. The van der Waals surface area contributed by atoms with Crippen molar-refractivity contribution >= 4 is 17.5 Å². The van der Waals surface area contributed by atoms with Gasteiger partial charge in [0, 0.05) is 5.69 Å². The van der Waals surface area contributed by atoms with Gasteiger partial charge in [-0.25, -0.2) is 9.02 Å². The number of nitrogens with one attached hydrogen (secondary N) is 2. The quantitative estimate of drug-likeness (QED) is 0.870. The molecule has 7 nitrogen and oxygen atoms in total. The Morgan fingerprint density at radius 2 is 2.04 bits per heavy atom. The number of carbonyl (C=O) groups is 2. The maximum absolute atomic E-state index is 13.0. The minimum Gasteiger partial charge on any atom is -0.344 e. The predicted molar refractivity (Wildman–Crippen MR) is 80.1 cm³/mol. The van der Waals surface area contributed by atoms with Crippen molar-refractivity contribution in [2.45, 2.75) is 33.2 Å². The molecule has 0 bridgehead atoms. The largest absolute Gasteiger partial charge is 0.344 e. The van der Waals surface area contributed by atoms with Gasteiger partial charge in [0.1, 0.15) is 23.2 Å². The summed E-state index contributed by atoms with van der Waals surface area (Å²) in [6.45, 7) is 4.91. The number of aryl methyl sites for hydroxylation is 2. The van der Waals surface area contributed by atoms with Gasteiger partial charge < -0.3 is 10.6 Å². The SMILES string of the molecule is Cc1cc(F)ccc1NC(=O)[C@H](C)NC(=O)Cc1nonc1C. The predicted octanol–water partition coefficient (Wildman–Crippen LogP) is 1.51. The van der Waals surface area contributed by atoms with Gasteiger partial charge in [-0.1, -0.05) is 10.3 Å². The summed E-state index contributed by atoms with van der Waals surface area (Å²) in [4.78, 5) is 24.0. The Kier molecular flexibility index (Phi) is 5.05. The van der Waals surface area contributed by atoms with Crippen molar-refractivity contribution in [3.8, 4) is 0 Å². The summed E-state index contributed by atoms with van der Waals surface area (Å²) in [7, 11) is 0. The first-order valence-corrected chi connectivity index (χ1v) is 7.01. The van der Waals surface area contributed by atoms with Crippen LogP contribution in [0.4, 0.5) is 10.1 Å². The van der Waals surface area contributed by atoms with Gasteiger partial charge in [0.05, 0.1) is 6.42 Å². The molecule has 0 saturated heterocycles. The normalized spacial score (nSPS) is 11.8. The molecule has 1 heterocycles. The van der Waals surface area contributed by atoms with Gasteiger partial charge in [-0.2, -0.15) is 0 Å². The highest BCUT2D eigenvalue weighted by atomic mass is 19.1. The van der Waals surface area contributed by atoms with E-state index < -0.39 is 11.9 Å². The minimum absolute atomic E-state index is 0.0253. The minimum atomic E-state index is -0.757. The summed E-state index contributed by atoms with van der Waals surface area (Å²) in [6, 6.07) is 3.29. The van der Waals surface area contributed by atoms with E-state index in [4.69, 9.17) is 0 Å². The second-order valence-electron chi connectivity index (χ2n) is 5.21. The van der Waals surface area contributed by atoms with Crippen LogP contribution in [-0.4, -0.2) is 28.2 Å². The van der Waals surface area contributed by atoms with E-state index in [-0.39, 0.29) is 18.1 Å². The molecule has 0 aliphatic rings. The van der Waals surface area contributed by atoms with E-state index in [9.17, 15) is 14.0 Å². The lowest BCUT2D eigenvalue weighted by Gasteiger charge is -2.15. The molecule has 2 N–H and O–H groups in total. The molecule has 8 heteroatoms. The first-order valence-electron chi connectivity index (χ1n) is 7.01. The number of hydrogen-bond acceptors (Lipinski definition) is 5. The molecule has 0 spiro atoms. The fourth-order valence-corrected chi connectivity index (χ4v) is 1.93. The van der Waals surface area contributed by atoms with Crippen LogP contribution in [0, 0.1) is 19.7 Å². The summed E-state index contributed by atoms with van der Waals surface area (Å²) in [6.07, 6.45) is -0.0253. The third-order valence-electron chi connectivity index (χ3n) is 3.29. The second kappa shape index (κ2) is 6.99. The molecule has 2 rings (SSSR count). The van der Waals surface area contributed by atoms with Crippen molar-refractivity contribution in [2.75, 3.05) is 5.32 Å². The van der Waals surface area contributed by atoms with Crippen molar-refractivity contribution in [3.63, 3.8) is 0 Å². The molecule has 0 aliphatic heterocycles. The second-order valence-corrected chi connectivity index (χ2v) is 5.21. The highest BCUT2D eigenvalue weighted by Crippen LogP contribution is 2.15. The molecule has 23 heavy (non-hydrogen) atoms. The Morgan fingerprint density at radius 3 is 2.65 bits per heavy atom. The van der Waals surface area contributed by atoms with E-state index in [1.807, 2.05) is 0 Å². The van der Waals surface area contributed by atoms with E-state index in [1.165, 1.54) is 18.2 Å². The van der Waals surface area contributed by atoms with Crippen molar-refractivity contribution in [1.29, 1.82) is 0 Å². The Bertz CT molecular complexity index is 729. The van der Waals surface area contributed by atoms with Gasteiger partial charge in [0.2, 0.25) is 11.8 Å². The zero-order chi connectivity index (χ0) is 17.0. The van der Waals surface area contributed by atoms with Crippen molar-refractivity contribution in [2.24, 2.45) is 0 Å². The monoisotopic (exact) mass is 320 g/mol. The molecule has 0 radical (unpaired) electrons. The van der Waals surface area contributed by atoms with Gasteiger partial charge in [-0.15, -0.1) is 0 Å². The molecule has 1 aromatic heterocycles. The number of halogens is 1. The molecule has 0 saturated carbocycles. The van der Waals surface area contributed by atoms with Crippen LogP contribution in [-0.2, 0) is 16.0 Å². The van der Waals surface area contributed by atoms with Gasteiger partial charge >= 0.3 is 0 Å². The van der Waals surface area contributed by atoms with Gasteiger partial charge in [-0.3, -0.25) is 9.59 Å². The molecular weight excluding hydrogens is 303 g/mol. The van der Waals surface area contributed by atoms with Crippen LogP contribution in [0.15, 0.2) is 22.8 Å². The third kappa shape index (κ3) is 4.35. The standard InChI is InChI=1S/C15H17FN4O3/c1-8-6-11(16)4-5-12(8)18-15(22)10(3)17-14(21)7-13-9(2)19-23-20-13/h4-6,10H,7H2,1-3H3,(H,17,21)(H,18,22)/t10-/m0/s1. The zero-order valence-electron chi connectivity index (χ0n) is 13.0. The number of hydrogen-bond donors (Lipinski definition) is 2. The van der Waals surface area contributed by atoms with Crippen molar-refractivity contribution in [1.82, 2.24) is 15.6 Å². The molecule has 0 unspecified atom stereocenters. The molecule has 1 aromatic carbocycles. The maximum atomic E-state index is 13.0. The lowest BCUT2D eigenvalue weighted by Crippen LogP contribution is -2.42. The highest BCUT2D eigenvalue weighted by molar-refractivity contribution is 5.97. The Balaban J connectivity index is 1.92. The Labute approximate surface area is 132 Å². The van der Waals surface area contributed by atoms with Crippen LogP contribution in [0.5, 0.6) is 0 Å². The first-order chi connectivity index (χ1) is 10.9. The highest BCUT2D eigenvalue weighted by Gasteiger charge is 2.18. The number of benzene rings is 1. The molecule has 1 atom stereocenters. The summed E-state index contributed by atoms with van der Waals surface area (Å²) in [5.41, 5.74) is 2.04. The van der Waals surface area contributed by atoms with Crippen LogP contribution in [0.3, 0.4) is 0 Å². The van der Waals surface area contributed by atoms with Crippen LogP contribution in [0.25, 0.3) is 0 Å². The fourth-order valence-electron chi connectivity index (χ4n) is 1.93. The summed E-state index contributed by atoms with van der Waals surface area (Å²) >= 11 is 0. The lowest BCUT2D eigenvalue weighted by molar-refractivity contribution is -0.125. The van der Waals surface area contributed by atoms with E-state index in [0.717, 1.165) is 0 Å². The van der Waals surface area contributed by atoms with Crippen LogP contribution in [0.2, 0.25) is 0 Å². The van der Waals surface area contributed by atoms with Crippen LogP contribution in [0.1, 0.15) is 23.9 Å². The van der Waals surface area contributed by atoms with E-state index in [2.05, 4.69) is 25.6 Å². The smallest absolute Gasteiger partial charge is 0.246 e. The number of carbonyl (C=O) groups excluding carboxylic acids is 2. The number of nitrogens with zero attached hydrogens (tertiary/aromatic N) is 2. The summed E-state index contributed by atoms with van der Waals surface area (Å²) in [5, 5.41) is 12.4. The molecule has 2 aromatic rings. The molecule has 0 aliphatic carbocycles. The van der Waals surface area contributed by atoms with Crippen LogP contribution < -0.4 is 10.6 Å². The van der Waals surface area contributed by atoms with Crippen molar-refractivity contribution < 1.29 is 18.6 Å². The number of anilines is 1. The zero-order valence-corrected chi connectivity index (χ0v) is 13.0. The van der Waals surface area contributed by atoms with E-state index in [0.29, 0.717) is 22.6 Å². The molecular formula is C15H17FN4O3. The van der Waals surface area contributed by atoms with Gasteiger partial charge in [0.25, 0.3) is 0 Å². The lowest BCUT2D eigenvalue weighted by atomic mass is 10.2. The Morgan fingerprint density at radius 1 is 1.30 bits per heavy atom. The average Bonchev–Trinajstić information content (AvgIpc) is 2.87. The summed E-state index contributed by atoms with van der Waals surface area (Å²) < 4.78 is 17.6. The topological polar surface area (TPSA) is 97.1 Å². The molecule has 122 valence electrons.